The normalized spacial score (nSPS) is 19.4. The second-order valence-electron chi connectivity index (χ2n) is 5.52. The lowest BCUT2D eigenvalue weighted by atomic mass is 9.93. The minimum absolute atomic E-state index is 0.572. The van der Waals surface area contributed by atoms with Gasteiger partial charge in [0.05, 0.1) is 0 Å². The van der Waals surface area contributed by atoms with E-state index in [0.29, 0.717) is 6.04 Å². The third-order valence-electron chi connectivity index (χ3n) is 3.89. The van der Waals surface area contributed by atoms with E-state index in [1.54, 1.807) is 0 Å². The first kappa shape index (κ1) is 14.3. The van der Waals surface area contributed by atoms with Crippen LogP contribution in [0.4, 0.5) is 0 Å². The molecule has 0 radical (unpaired) electrons. The van der Waals surface area contributed by atoms with Crippen LogP contribution in [-0.2, 0) is 4.74 Å². The second-order valence-corrected chi connectivity index (χ2v) is 5.52. The molecule has 2 heteroatoms. The van der Waals surface area contributed by atoms with Crippen LogP contribution in [0.5, 0.6) is 0 Å². The molecule has 1 fully saturated rings. The van der Waals surface area contributed by atoms with Gasteiger partial charge in [-0.3, -0.25) is 0 Å². The molecule has 2 rings (SSSR count). The summed E-state index contributed by atoms with van der Waals surface area (Å²) >= 11 is 0. The van der Waals surface area contributed by atoms with Crippen molar-refractivity contribution in [3.63, 3.8) is 0 Å². The van der Waals surface area contributed by atoms with Gasteiger partial charge in [-0.25, -0.2) is 0 Å². The molecule has 1 saturated heterocycles. The van der Waals surface area contributed by atoms with Crippen molar-refractivity contribution in [2.45, 2.75) is 32.7 Å². The van der Waals surface area contributed by atoms with Crippen molar-refractivity contribution in [3.05, 3.63) is 41.5 Å². The van der Waals surface area contributed by atoms with Crippen molar-refractivity contribution in [1.29, 1.82) is 0 Å². The van der Waals surface area contributed by atoms with Gasteiger partial charge in [-0.15, -0.1) is 0 Å². The molecular weight excluding hydrogens is 234 g/mol. The van der Waals surface area contributed by atoms with Gasteiger partial charge < -0.3 is 10.1 Å². The van der Waals surface area contributed by atoms with Crippen LogP contribution in [0.25, 0.3) is 6.08 Å². The molecule has 1 aromatic rings. The molecular formula is C17H25NO. The standard InChI is InChI=1S/C17H25NO/c1-14(12-16-6-4-3-5-7-16)13-18-15(2)17-8-10-19-11-9-17/h3-7,12,15,17-18H,8-11,13H2,1-2H3. The average molecular weight is 259 g/mol. The largest absolute Gasteiger partial charge is 0.381 e. The molecule has 1 N–H and O–H groups in total. The van der Waals surface area contributed by atoms with Gasteiger partial charge in [0.1, 0.15) is 0 Å². The maximum atomic E-state index is 5.42. The van der Waals surface area contributed by atoms with E-state index in [4.69, 9.17) is 4.74 Å². The molecule has 0 bridgehead atoms. The van der Waals surface area contributed by atoms with E-state index in [2.05, 4.69) is 55.6 Å². The zero-order valence-electron chi connectivity index (χ0n) is 12.1. The quantitative estimate of drug-likeness (QED) is 0.874. The number of rotatable bonds is 5. The molecule has 104 valence electrons. The van der Waals surface area contributed by atoms with E-state index >= 15 is 0 Å². The van der Waals surface area contributed by atoms with Crippen LogP contribution in [0, 0.1) is 5.92 Å². The van der Waals surface area contributed by atoms with Gasteiger partial charge in [0.2, 0.25) is 0 Å². The highest BCUT2D eigenvalue weighted by atomic mass is 16.5. The first-order chi connectivity index (χ1) is 9.25. The predicted octanol–water partition coefficient (Wildman–Crippen LogP) is 3.49. The zero-order chi connectivity index (χ0) is 13.5. The molecule has 1 unspecified atom stereocenters. The van der Waals surface area contributed by atoms with Gasteiger partial charge >= 0.3 is 0 Å². The van der Waals surface area contributed by atoms with E-state index in [1.165, 1.54) is 24.0 Å². The lowest BCUT2D eigenvalue weighted by Gasteiger charge is -2.28. The van der Waals surface area contributed by atoms with Crippen LogP contribution in [-0.4, -0.2) is 25.8 Å². The molecule has 1 aromatic carbocycles. The third kappa shape index (κ3) is 4.81. The van der Waals surface area contributed by atoms with E-state index in [9.17, 15) is 0 Å². The molecule has 0 aromatic heterocycles. The predicted molar refractivity (Wildman–Crippen MR) is 81.1 cm³/mol. The van der Waals surface area contributed by atoms with Crippen molar-refractivity contribution in [2.24, 2.45) is 5.92 Å². The Morgan fingerprint density at radius 1 is 1.32 bits per heavy atom. The van der Waals surface area contributed by atoms with E-state index in [1.807, 2.05) is 0 Å². The maximum absolute atomic E-state index is 5.42. The van der Waals surface area contributed by atoms with Gasteiger partial charge in [0.25, 0.3) is 0 Å². The van der Waals surface area contributed by atoms with Crippen molar-refractivity contribution in [2.75, 3.05) is 19.8 Å². The molecule has 0 spiro atoms. The SMILES string of the molecule is CC(=Cc1ccccc1)CNC(C)C1CCOCC1. The summed E-state index contributed by atoms with van der Waals surface area (Å²) in [5, 5.41) is 3.65. The van der Waals surface area contributed by atoms with Crippen LogP contribution in [0.1, 0.15) is 32.3 Å². The Balaban J connectivity index is 1.79. The maximum Gasteiger partial charge on any atom is 0.0469 e. The van der Waals surface area contributed by atoms with Gasteiger partial charge in [-0.1, -0.05) is 42.0 Å². The number of ether oxygens (including phenoxy) is 1. The molecule has 1 aliphatic heterocycles. The Morgan fingerprint density at radius 2 is 2.00 bits per heavy atom. The molecule has 0 saturated carbocycles. The van der Waals surface area contributed by atoms with Crippen LogP contribution in [0.15, 0.2) is 35.9 Å². The summed E-state index contributed by atoms with van der Waals surface area (Å²) in [5.41, 5.74) is 2.66. The van der Waals surface area contributed by atoms with Crippen LogP contribution in [0.3, 0.4) is 0 Å². The first-order valence-electron chi connectivity index (χ1n) is 7.29. The lowest BCUT2D eigenvalue weighted by Crippen LogP contribution is -2.37. The third-order valence-corrected chi connectivity index (χ3v) is 3.89. The van der Waals surface area contributed by atoms with Gasteiger partial charge in [0.15, 0.2) is 0 Å². The first-order valence-corrected chi connectivity index (χ1v) is 7.29. The number of hydrogen-bond donors (Lipinski definition) is 1. The zero-order valence-corrected chi connectivity index (χ0v) is 12.1. The Bertz CT molecular complexity index is 393. The highest BCUT2D eigenvalue weighted by molar-refractivity contribution is 5.52. The summed E-state index contributed by atoms with van der Waals surface area (Å²) in [7, 11) is 0. The number of hydrogen-bond acceptors (Lipinski definition) is 2. The summed E-state index contributed by atoms with van der Waals surface area (Å²) in [5.74, 6) is 0.762. The van der Waals surface area contributed by atoms with E-state index in [-0.39, 0.29) is 0 Å². The van der Waals surface area contributed by atoms with Crippen LogP contribution in [0.2, 0.25) is 0 Å². The van der Waals surface area contributed by atoms with Crippen LogP contribution >= 0.6 is 0 Å². The van der Waals surface area contributed by atoms with Gasteiger partial charge in [0, 0.05) is 25.8 Å². The number of nitrogens with one attached hydrogen (secondary N) is 1. The minimum atomic E-state index is 0.572. The lowest BCUT2D eigenvalue weighted by molar-refractivity contribution is 0.0564. The summed E-state index contributed by atoms with van der Waals surface area (Å²) in [6.07, 6.45) is 4.63. The van der Waals surface area contributed by atoms with Crippen molar-refractivity contribution in [3.8, 4) is 0 Å². The monoisotopic (exact) mass is 259 g/mol. The fraction of sp³-hybridized carbons (Fsp3) is 0.529. The molecule has 0 aliphatic carbocycles. The summed E-state index contributed by atoms with van der Waals surface area (Å²) < 4.78 is 5.42. The average Bonchev–Trinajstić information content (AvgIpc) is 2.47. The molecule has 1 aliphatic rings. The highest BCUT2D eigenvalue weighted by Gasteiger charge is 2.19. The molecule has 2 nitrogen and oxygen atoms in total. The molecule has 1 heterocycles. The van der Waals surface area contributed by atoms with Gasteiger partial charge in [-0.05, 0) is 38.2 Å². The topological polar surface area (TPSA) is 21.3 Å². The fourth-order valence-electron chi connectivity index (χ4n) is 2.59. The van der Waals surface area contributed by atoms with Crippen molar-refractivity contribution < 1.29 is 4.74 Å². The summed E-state index contributed by atoms with van der Waals surface area (Å²) in [4.78, 5) is 0. The Morgan fingerprint density at radius 3 is 2.68 bits per heavy atom. The van der Waals surface area contributed by atoms with Crippen molar-refractivity contribution in [1.82, 2.24) is 5.32 Å². The fourth-order valence-corrected chi connectivity index (χ4v) is 2.59. The highest BCUT2D eigenvalue weighted by Crippen LogP contribution is 2.18. The Hall–Kier alpha value is -1.12. The molecule has 19 heavy (non-hydrogen) atoms. The Labute approximate surface area is 116 Å². The summed E-state index contributed by atoms with van der Waals surface area (Å²) in [6.45, 7) is 7.31. The van der Waals surface area contributed by atoms with E-state index < -0.39 is 0 Å². The number of benzene rings is 1. The smallest absolute Gasteiger partial charge is 0.0469 e. The second kappa shape index (κ2) is 7.46. The minimum Gasteiger partial charge on any atom is -0.381 e. The summed E-state index contributed by atoms with van der Waals surface area (Å²) in [6, 6.07) is 11.1. The van der Waals surface area contributed by atoms with Gasteiger partial charge in [-0.2, -0.15) is 0 Å². The molecule has 0 amide bonds. The van der Waals surface area contributed by atoms with E-state index in [0.717, 1.165) is 25.7 Å². The van der Waals surface area contributed by atoms with Crippen LogP contribution < -0.4 is 5.32 Å². The Kier molecular flexibility index (Phi) is 5.62. The molecule has 1 atom stereocenters. The van der Waals surface area contributed by atoms with Crippen molar-refractivity contribution >= 4 is 6.08 Å².